The van der Waals surface area contributed by atoms with E-state index in [9.17, 15) is 14.4 Å². The van der Waals surface area contributed by atoms with Crippen LogP contribution in [0.3, 0.4) is 0 Å². The van der Waals surface area contributed by atoms with Crippen LogP contribution in [-0.2, 0) is 7.05 Å². The van der Waals surface area contributed by atoms with Gasteiger partial charge in [0.2, 0.25) is 0 Å². The Morgan fingerprint density at radius 3 is 2.26 bits per heavy atom. The van der Waals surface area contributed by atoms with Gasteiger partial charge in [-0.1, -0.05) is 11.6 Å². The number of rotatable bonds is 5. The van der Waals surface area contributed by atoms with Crippen molar-refractivity contribution in [2.24, 2.45) is 7.05 Å². The van der Waals surface area contributed by atoms with Crippen molar-refractivity contribution in [3.63, 3.8) is 0 Å². The Labute approximate surface area is 209 Å². The minimum absolute atomic E-state index is 0.0989. The molecule has 2 aliphatic carbocycles. The molecule has 8 heteroatoms. The summed E-state index contributed by atoms with van der Waals surface area (Å²) in [4.78, 5) is 22.0. The van der Waals surface area contributed by atoms with Gasteiger partial charge in [-0.15, -0.1) is 0 Å². The van der Waals surface area contributed by atoms with E-state index in [-0.39, 0.29) is 23.0 Å². The average Bonchev–Trinajstić information content (AvgIpc) is 2.83. The van der Waals surface area contributed by atoms with Crippen molar-refractivity contribution in [2.75, 3.05) is 16.8 Å². The molecule has 0 aliphatic heterocycles. The predicted octanol–water partition coefficient (Wildman–Crippen LogP) is 5.40. The van der Waals surface area contributed by atoms with Crippen molar-refractivity contribution < 1.29 is 4.39 Å². The third kappa shape index (κ3) is 4.25. The molecule has 182 valence electrons. The molecule has 0 saturated heterocycles. The summed E-state index contributed by atoms with van der Waals surface area (Å²) >= 11 is 6.21. The Hall–Kier alpha value is -3.11. The van der Waals surface area contributed by atoms with Crippen LogP contribution in [0.5, 0.6) is 0 Å². The molecule has 0 unspecified atom stereocenters. The summed E-state index contributed by atoms with van der Waals surface area (Å²) in [5.74, 6) is -0.212. The molecule has 2 heterocycles. The third-order valence-electron chi connectivity index (χ3n) is 7.85. The second-order valence-electron chi connectivity index (χ2n) is 9.74. The number of hydrogen-bond acceptors (Lipinski definition) is 5. The number of hydrogen-bond donors (Lipinski definition) is 0. The van der Waals surface area contributed by atoms with Crippen molar-refractivity contribution in [3.8, 4) is 6.07 Å². The lowest BCUT2D eigenvalue weighted by Crippen LogP contribution is -2.50. The molecule has 0 bridgehead atoms. The van der Waals surface area contributed by atoms with Gasteiger partial charge < -0.3 is 14.4 Å². The quantitative estimate of drug-likeness (QED) is 0.445. The number of halogens is 2. The van der Waals surface area contributed by atoms with Crippen LogP contribution in [0, 0.1) is 17.1 Å². The summed E-state index contributed by atoms with van der Waals surface area (Å²) in [6, 6.07) is 13.5. The van der Waals surface area contributed by atoms with Gasteiger partial charge >= 0.3 is 0 Å². The summed E-state index contributed by atoms with van der Waals surface area (Å²) in [6.45, 7) is 0. The molecule has 6 nitrogen and oxygen atoms in total. The fourth-order valence-electron chi connectivity index (χ4n) is 5.72. The number of benzene rings is 1. The normalized spacial score (nSPS) is 20.3. The summed E-state index contributed by atoms with van der Waals surface area (Å²) in [5, 5.41) is 10.2. The lowest BCUT2D eigenvalue weighted by molar-refractivity contribution is 0.301. The molecule has 5 rings (SSSR count). The van der Waals surface area contributed by atoms with Gasteiger partial charge in [0, 0.05) is 37.9 Å². The summed E-state index contributed by atoms with van der Waals surface area (Å²) in [5.41, 5.74) is 2.65. The maximum absolute atomic E-state index is 13.6. The van der Waals surface area contributed by atoms with E-state index in [0.29, 0.717) is 34.0 Å². The molecule has 0 amide bonds. The molecule has 2 saturated carbocycles. The second-order valence-corrected chi connectivity index (χ2v) is 10.1. The summed E-state index contributed by atoms with van der Waals surface area (Å²) in [6.07, 6.45) is 7.41. The zero-order chi connectivity index (χ0) is 24.7. The van der Waals surface area contributed by atoms with Gasteiger partial charge in [-0.25, -0.2) is 9.37 Å². The largest absolute Gasteiger partial charge is 0.369 e. The Balaban J connectivity index is 1.42. The van der Waals surface area contributed by atoms with Crippen molar-refractivity contribution in [1.29, 1.82) is 5.26 Å². The SMILES string of the molecule is CN(c1c(C#N)c(=O)n(C)c2ccc(Cl)nc12)C1CCC(N(c2ccc(F)cc2)C2CCC2)CC1. The van der Waals surface area contributed by atoms with Gasteiger partial charge in [0.25, 0.3) is 5.56 Å². The molecule has 1 aromatic carbocycles. The monoisotopic (exact) mass is 493 g/mol. The van der Waals surface area contributed by atoms with Gasteiger partial charge in [0.1, 0.15) is 28.1 Å². The smallest absolute Gasteiger partial charge is 0.270 e. The Morgan fingerprint density at radius 1 is 1.03 bits per heavy atom. The van der Waals surface area contributed by atoms with Crippen molar-refractivity contribution in [3.05, 3.63) is 63.3 Å². The number of aromatic nitrogens is 2. The van der Waals surface area contributed by atoms with Gasteiger partial charge in [-0.05, 0) is 81.3 Å². The van der Waals surface area contributed by atoms with Crippen LogP contribution in [0.2, 0.25) is 5.15 Å². The maximum atomic E-state index is 13.6. The van der Waals surface area contributed by atoms with Crippen LogP contribution in [0.4, 0.5) is 15.8 Å². The Bertz CT molecular complexity index is 1340. The highest BCUT2D eigenvalue weighted by Gasteiger charge is 2.35. The van der Waals surface area contributed by atoms with E-state index in [0.717, 1.165) is 31.4 Å². The molecule has 0 atom stereocenters. The van der Waals surface area contributed by atoms with Crippen LogP contribution in [0.25, 0.3) is 11.0 Å². The summed E-state index contributed by atoms with van der Waals surface area (Å²) in [7, 11) is 3.60. The first-order valence-corrected chi connectivity index (χ1v) is 12.6. The van der Waals surface area contributed by atoms with Crippen LogP contribution < -0.4 is 15.4 Å². The Morgan fingerprint density at radius 2 is 1.66 bits per heavy atom. The molecule has 0 N–H and O–H groups in total. The van der Waals surface area contributed by atoms with Gasteiger partial charge in [-0.3, -0.25) is 4.79 Å². The van der Waals surface area contributed by atoms with Crippen LogP contribution >= 0.6 is 11.6 Å². The molecule has 0 radical (unpaired) electrons. The predicted molar refractivity (Wildman–Crippen MR) is 138 cm³/mol. The topological polar surface area (TPSA) is 65.2 Å². The van der Waals surface area contributed by atoms with E-state index in [2.05, 4.69) is 20.9 Å². The van der Waals surface area contributed by atoms with E-state index in [4.69, 9.17) is 11.6 Å². The molecule has 0 spiro atoms. The lowest BCUT2D eigenvalue weighted by atomic mass is 9.84. The number of pyridine rings is 2. The molecule has 2 fully saturated rings. The zero-order valence-electron chi connectivity index (χ0n) is 20.0. The minimum Gasteiger partial charge on any atom is -0.369 e. The van der Waals surface area contributed by atoms with Crippen LogP contribution in [0.15, 0.2) is 41.2 Å². The molecule has 35 heavy (non-hydrogen) atoms. The molecule has 2 aromatic heterocycles. The third-order valence-corrected chi connectivity index (χ3v) is 8.06. The van der Waals surface area contributed by atoms with Crippen LogP contribution in [-0.4, -0.2) is 34.7 Å². The molecule has 2 aliphatic rings. The highest BCUT2D eigenvalue weighted by molar-refractivity contribution is 6.29. The zero-order valence-corrected chi connectivity index (χ0v) is 20.8. The van der Waals surface area contributed by atoms with E-state index in [1.165, 1.54) is 23.8 Å². The summed E-state index contributed by atoms with van der Waals surface area (Å²) < 4.78 is 15.0. The number of anilines is 2. The first-order valence-electron chi connectivity index (χ1n) is 12.2. The van der Waals surface area contributed by atoms with Crippen molar-refractivity contribution in [2.45, 2.75) is 63.1 Å². The lowest BCUT2D eigenvalue weighted by Gasteiger charge is -2.47. The highest BCUT2D eigenvalue weighted by Crippen LogP contribution is 2.38. The first kappa shape index (κ1) is 23.6. The minimum atomic E-state index is -0.327. The second kappa shape index (κ2) is 9.50. The average molecular weight is 494 g/mol. The van der Waals surface area contributed by atoms with E-state index < -0.39 is 0 Å². The molecular formula is C27H29ClFN5O. The van der Waals surface area contributed by atoms with Crippen molar-refractivity contribution >= 4 is 34.0 Å². The van der Waals surface area contributed by atoms with E-state index in [1.807, 2.05) is 19.2 Å². The number of nitrogens with zero attached hydrogens (tertiary/aromatic N) is 5. The standard InChI is InChI=1S/C27H29ClFN5O/c1-32(26-22(16-30)27(35)33(2)23-14-15-24(28)31-25(23)26)18-10-12-21(13-11-18)34(19-4-3-5-19)20-8-6-17(29)7-9-20/h6-9,14-15,18-19,21H,3-5,10-13H2,1-2H3. The van der Waals surface area contributed by atoms with Crippen LogP contribution in [0.1, 0.15) is 50.5 Å². The van der Waals surface area contributed by atoms with Gasteiger partial charge in [0.15, 0.2) is 0 Å². The molecular weight excluding hydrogens is 465 g/mol. The Kier molecular flexibility index (Phi) is 6.41. The first-order chi connectivity index (χ1) is 16.9. The fourth-order valence-corrected chi connectivity index (χ4v) is 5.87. The fraction of sp³-hybridized carbons (Fsp3) is 0.444. The highest BCUT2D eigenvalue weighted by atomic mass is 35.5. The maximum Gasteiger partial charge on any atom is 0.270 e. The van der Waals surface area contributed by atoms with Gasteiger partial charge in [0.05, 0.1) is 11.2 Å². The van der Waals surface area contributed by atoms with E-state index >= 15 is 0 Å². The van der Waals surface area contributed by atoms with E-state index in [1.54, 1.807) is 31.3 Å². The number of aryl methyl sites for hydroxylation is 1. The number of nitriles is 1. The number of fused-ring (bicyclic) bond motifs is 1. The van der Waals surface area contributed by atoms with Crippen molar-refractivity contribution in [1.82, 2.24) is 9.55 Å². The molecule has 3 aromatic rings. The van der Waals surface area contributed by atoms with Gasteiger partial charge in [-0.2, -0.15) is 5.26 Å².